The van der Waals surface area contributed by atoms with Gasteiger partial charge in [0.15, 0.2) is 5.16 Å². The SMILES string of the molecule is CC(C)CSc1nc2ccccc2n1Cc1c(Cl)cccc1Cl. The third-order valence-electron chi connectivity index (χ3n) is 3.54. The molecule has 2 nitrogen and oxygen atoms in total. The molecule has 3 aromatic rings. The number of benzene rings is 2. The second-order valence-electron chi connectivity index (χ2n) is 5.87. The molecular weight excluding hydrogens is 347 g/mol. The van der Waals surface area contributed by atoms with E-state index in [9.17, 15) is 0 Å². The van der Waals surface area contributed by atoms with E-state index < -0.39 is 0 Å². The lowest BCUT2D eigenvalue weighted by Crippen LogP contribution is -2.04. The molecule has 0 N–H and O–H groups in total. The minimum Gasteiger partial charge on any atom is -0.314 e. The Morgan fingerprint density at radius 1 is 1.04 bits per heavy atom. The number of halogens is 2. The van der Waals surface area contributed by atoms with Gasteiger partial charge in [0, 0.05) is 21.4 Å². The zero-order valence-electron chi connectivity index (χ0n) is 13.1. The number of hydrogen-bond donors (Lipinski definition) is 0. The molecule has 0 aliphatic heterocycles. The second-order valence-corrected chi connectivity index (χ2v) is 7.68. The van der Waals surface area contributed by atoms with Crippen LogP contribution in [0.4, 0.5) is 0 Å². The van der Waals surface area contributed by atoms with Crippen LogP contribution in [0.3, 0.4) is 0 Å². The van der Waals surface area contributed by atoms with Crippen molar-refractivity contribution in [3.8, 4) is 0 Å². The van der Waals surface area contributed by atoms with Crippen LogP contribution in [0.25, 0.3) is 11.0 Å². The van der Waals surface area contributed by atoms with Crippen LogP contribution in [0.5, 0.6) is 0 Å². The van der Waals surface area contributed by atoms with Crippen LogP contribution in [-0.2, 0) is 6.54 Å². The quantitative estimate of drug-likeness (QED) is 0.506. The minimum absolute atomic E-state index is 0.608. The molecule has 0 spiro atoms. The molecule has 0 unspecified atom stereocenters. The molecule has 0 saturated heterocycles. The van der Waals surface area contributed by atoms with Crippen LogP contribution < -0.4 is 0 Å². The number of rotatable bonds is 5. The fraction of sp³-hybridized carbons (Fsp3) is 0.278. The largest absolute Gasteiger partial charge is 0.314 e. The van der Waals surface area contributed by atoms with Crippen LogP contribution >= 0.6 is 35.0 Å². The summed E-state index contributed by atoms with van der Waals surface area (Å²) in [6.45, 7) is 5.05. The zero-order chi connectivity index (χ0) is 16.4. The number of thioether (sulfide) groups is 1. The third kappa shape index (κ3) is 3.68. The number of nitrogens with zero attached hydrogens (tertiary/aromatic N) is 2. The molecule has 0 radical (unpaired) electrons. The Bertz CT molecular complexity index is 807. The van der Waals surface area contributed by atoms with Crippen LogP contribution in [0.2, 0.25) is 10.0 Å². The Morgan fingerprint density at radius 3 is 2.43 bits per heavy atom. The van der Waals surface area contributed by atoms with Crippen molar-refractivity contribution in [2.75, 3.05) is 5.75 Å². The molecule has 23 heavy (non-hydrogen) atoms. The van der Waals surface area contributed by atoms with Crippen molar-refractivity contribution < 1.29 is 0 Å². The number of hydrogen-bond acceptors (Lipinski definition) is 2. The fourth-order valence-corrected chi connectivity index (χ4v) is 3.88. The molecular formula is C18H18Cl2N2S. The van der Waals surface area contributed by atoms with E-state index in [1.165, 1.54) is 0 Å². The summed E-state index contributed by atoms with van der Waals surface area (Å²) >= 11 is 14.5. The van der Waals surface area contributed by atoms with Gasteiger partial charge in [-0.2, -0.15) is 0 Å². The Morgan fingerprint density at radius 2 is 1.74 bits per heavy atom. The molecule has 1 aromatic heterocycles. The molecule has 0 aliphatic carbocycles. The van der Waals surface area contributed by atoms with Gasteiger partial charge in [0.25, 0.3) is 0 Å². The van der Waals surface area contributed by atoms with Gasteiger partial charge < -0.3 is 4.57 Å². The monoisotopic (exact) mass is 364 g/mol. The van der Waals surface area contributed by atoms with Gasteiger partial charge in [0.2, 0.25) is 0 Å². The van der Waals surface area contributed by atoms with E-state index in [4.69, 9.17) is 28.2 Å². The first kappa shape index (κ1) is 16.7. The molecule has 0 amide bonds. The van der Waals surface area contributed by atoms with E-state index in [2.05, 4.69) is 24.5 Å². The molecule has 1 heterocycles. The number of imidazole rings is 1. The third-order valence-corrected chi connectivity index (χ3v) is 5.65. The highest BCUT2D eigenvalue weighted by molar-refractivity contribution is 7.99. The first-order valence-corrected chi connectivity index (χ1v) is 9.31. The lowest BCUT2D eigenvalue weighted by Gasteiger charge is -2.12. The fourth-order valence-electron chi connectivity index (χ4n) is 2.40. The van der Waals surface area contributed by atoms with Crippen LogP contribution in [-0.4, -0.2) is 15.3 Å². The van der Waals surface area contributed by atoms with E-state index in [0.29, 0.717) is 22.5 Å². The number of para-hydroxylation sites is 2. The molecule has 3 rings (SSSR count). The second kappa shape index (κ2) is 7.16. The van der Waals surface area contributed by atoms with Crippen molar-refractivity contribution in [3.63, 3.8) is 0 Å². The number of aromatic nitrogens is 2. The Kier molecular flexibility index (Phi) is 5.20. The molecule has 0 fully saturated rings. The topological polar surface area (TPSA) is 17.8 Å². The van der Waals surface area contributed by atoms with Gasteiger partial charge in [0.1, 0.15) is 0 Å². The Balaban J connectivity index is 2.05. The minimum atomic E-state index is 0.608. The standard InChI is InChI=1S/C18H18Cl2N2S/c1-12(2)11-23-18-21-16-8-3-4-9-17(16)22(18)10-13-14(19)6-5-7-15(13)20/h3-9,12H,10-11H2,1-2H3. The summed E-state index contributed by atoms with van der Waals surface area (Å²) in [5.74, 6) is 1.64. The summed E-state index contributed by atoms with van der Waals surface area (Å²) in [7, 11) is 0. The average Bonchev–Trinajstić information content (AvgIpc) is 2.87. The highest BCUT2D eigenvalue weighted by Crippen LogP contribution is 2.30. The molecule has 5 heteroatoms. The van der Waals surface area contributed by atoms with Crippen molar-refractivity contribution in [1.82, 2.24) is 9.55 Å². The molecule has 120 valence electrons. The van der Waals surface area contributed by atoms with Crippen LogP contribution in [0.15, 0.2) is 47.6 Å². The van der Waals surface area contributed by atoms with Gasteiger partial charge in [-0.05, 0) is 30.2 Å². The Labute approximate surface area is 150 Å². The lowest BCUT2D eigenvalue weighted by atomic mass is 10.2. The first-order valence-electron chi connectivity index (χ1n) is 7.57. The van der Waals surface area contributed by atoms with Crippen molar-refractivity contribution in [2.45, 2.75) is 25.5 Å². The van der Waals surface area contributed by atoms with Crippen LogP contribution in [0, 0.1) is 5.92 Å². The lowest BCUT2D eigenvalue weighted by molar-refractivity contribution is 0.717. The molecule has 0 atom stereocenters. The molecule has 0 aliphatic rings. The van der Waals surface area contributed by atoms with Gasteiger partial charge in [-0.3, -0.25) is 0 Å². The predicted octanol–water partition coefficient (Wildman–Crippen LogP) is 6.14. The van der Waals surface area contributed by atoms with Gasteiger partial charge in [-0.1, -0.05) is 67.0 Å². The first-order chi connectivity index (χ1) is 11.1. The maximum absolute atomic E-state index is 6.35. The molecule has 0 bridgehead atoms. The van der Waals surface area contributed by atoms with Crippen molar-refractivity contribution >= 4 is 46.0 Å². The summed E-state index contributed by atoms with van der Waals surface area (Å²) in [6, 6.07) is 13.8. The summed E-state index contributed by atoms with van der Waals surface area (Å²) in [5.41, 5.74) is 3.04. The van der Waals surface area contributed by atoms with Gasteiger partial charge in [0.05, 0.1) is 17.6 Å². The summed E-state index contributed by atoms with van der Waals surface area (Å²) in [6.07, 6.45) is 0. The molecule has 0 saturated carbocycles. The van der Waals surface area contributed by atoms with E-state index in [-0.39, 0.29) is 0 Å². The van der Waals surface area contributed by atoms with Gasteiger partial charge in [-0.25, -0.2) is 4.98 Å². The molecule has 2 aromatic carbocycles. The van der Waals surface area contributed by atoms with E-state index in [0.717, 1.165) is 27.5 Å². The maximum Gasteiger partial charge on any atom is 0.169 e. The van der Waals surface area contributed by atoms with E-state index in [1.807, 2.05) is 36.4 Å². The van der Waals surface area contributed by atoms with E-state index >= 15 is 0 Å². The van der Waals surface area contributed by atoms with Gasteiger partial charge in [-0.15, -0.1) is 0 Å². The Hall–Kier alpha value is -1.16. The summed E-state index contributed by atoms with van der Waals surface area (Å²) in [4.78, 5) is 4.78. The van der Waals surface area contributed by atoms with Crippen molar-refractivity contribution in [1.29, 1.82) is 0 Å². The smallest absolute Gasteiger partial charge is 0.169 e. The highest BCUT2D eigenvalue weighted by atomic mass is 35.5. The average molecular weight is 365 g/mol. The normalized spacial score (nSPS) is 11.5. The van der Waals surface area contributed by atoms with Crippen molar-refractivity contribution in [3.05, 3.63) is 58.1 Å². The van der Waals surface area contributed by atoms with E-state index in [1.54, 1.807) is 11.8 Å². The van der Waals surface area contributed by atoms with Crippen LogP contribution in [0.1, 0.15) is 19.4 Å². The maximum atomic E-state index is 6.35. The summed E-state index contributed by atoms with van der Waals surface area (Å²) < 4.78 is 2.20. The summed E-state index contributed by atoms with van der Waals surface area (Å²) in [5, 5.41) is 2.39. The highest BCUT2D eigenvalue weighted by Gasteiger charge is 2.14. The number of fused-ring (bicyclic) bond motifs is 1. The predicted molar refractivity (Wildman–Crippen MR) is 101 cm³/mol. The zero-order valence-corrected chi connectivity index (χ0v) is 15.4. The van der Waals surface area contributed by atoms with Gasteiger partial charge >= 0.3 is 0 Å². The van der Waals surface area contributed by atoms with Crippen molar-refractivity contribution in [2.24, 2.45) is 5.92 Å².